The zero-order valence-electron chi connectivity index (χ0n) is 7.13. The minimum atomic E-state index is -0.167. The lowest BCUT2D eigenvalue weighted by molar-refractivity contribution is 0.103. The minimum Gasteiger partial charge on any atom is -0.473 e. The monoisotopic (exact) mass is 227 g/mol. The molecular weight excluding hydrogens is 222 g/mol. The van der Waals surface area contributed by atoms with E-state index in [9.17, 15) is 4.79 Å². The highest BCUT2D eigenvalue weighted by Gasteiger charge is 2.15. The highest BCUT2D eigenvalue weighted by molar-refractivity contribution is 7.15. The van der Waals surface area contributed by atoms with Crippen LogP contribution in [0.1, 0.15) is 15.4 Å². The van der Waals surface area contributed by atoms with Gasteiger partial charge in [0.05, 0.1) is 13.3 Å². The molecule has 0 aliphatic rings. The van der Waals surface area contributed by atoms with E-state index in [0.29, 0.717) is 15.8 Å². The summed E-state index contributed by atoms with van der Waals surface area (Å²) in [6.45, 7) is 0. The van der Waals surface area contributed by atoms with Crippen molar-refractivity contribution in [1.29, 1.82) is 0 Å². The van der Waals surface area contributed by atoms with Crippen LogP contribution in [0.15, 0.2) is 11.6 Å². The summed E-state index contributed by atoms with van der Waals surface area (Å²) in [7, 11) is 1.51. The molecule has 0 fully saturated rings. The predicted molar refractivity (Wildman–Crippen MR) is 52.0 cm³/mol. The Balaban J connectivity index is 2.28. The number of carbonyl (C=O) groups excluding carboxylic acids is 1. The number of nitrogens with zero attached hydrogens (tertiary/aromatic N) is 3. The Labute approximate surface area is 87.5 Å². The highest BCUT2D eigenvalue weighted by atomic mass is 32.1. The van der Waals surface area contributed by atoms with Gasteiger partial charge in [-0.3, -0.25) is 4.79 Å². The van der Waals surface area contributed by atoms with Crippen LogP contribution in [-0.2, 0) is 0 Å². The maximum Gasteiger partial charge on any atom is 0.273 e. The van der Waals surface area contributed by atoms with Gasteiger partial charge in [-0.1, -0.05) is 15.8 Å². The number of rotatable bonds is 3. The van der Waals surface area contributed by atoms with E-state index in [2.05, 4.69) is 14.6 Å². The number of ether oxygens (including phenoxy) is 1. The van der Waals surface area contributed by atoms with Crippen LogP contribution < -0.4 is 4.74 Å². The van der Waals surface area contributed by atoms with Crippen LogP contribution in [0, 0.1) is 0 Å². The van der Waals surface area contributed by atoms with Crippen molar-refractivity contribution in [3.05, 3.63) is 22.1 Å². The fraction of sp³-hybridized carbons (Fsp3) is 0.143. The summed E-state index contributed by atoms with van der Waals surface area (Å²) >= 11 is 2.34. The Bertz CT molecular complexity index is 437. The molecule has 0 radical (unpaired) electrons. The van der Waals surface area contributed by atoms with E-state index in [-0.39, 0.29) is 5.78 Å². The first-order valence-corrected chi connectivity index (χ1v) is 5.28. The Kier molecular flexibility index (Phi) is 2.51. The van der Waals surface area contributed by atoms with Gasteiger partial charge >= 0.3 is 0 Å². The predicted octanol–water partition coefficient (Wildman–Crippen LogP) is 1.23. The third kappa shape index (κ3) is 1.64. The third-order valence-corrected chi connectivity index (χ3v) is 2.94. The quantitative estimate of drug-likeness (QED) is 0.738. The molecule has 2 aromatic heterocycles. The van der Waals surface area contributed by atoms with Crippen molar-refractivity contribution in [3.63, 3.8) is 0 Å². The van der Waals surface area contributed by atoms with Crippen molar-refractivity contribution in [1.82, 2.24) is 14.6 Å². The van der Waals surface area contributed by atoms with Gasteiger partial charge in [0.25, 0.3) is 5.19 Å². The fourth-order valence-electron chi connectivity index (χ4n) is 0.847. The summed E-state index contributed by atoms with van der Waals surface area (Å²) < 4.78 is 8.50. The molecule has 0 aliphatic carbocycles. The molecule has 2 rings (SSSR count). The molecule has 0 saturated carbocycles. The molecule has 2 heterocycles. The van der Waals surface area contributed by atoms with E-state index in [4.69, 9.17) is 4.74 Å². The maximum absolute atomic E-state index is 11.7. The molecule has 72 valence electrons. The van der Waals surface area contributed by atoms with Gasteiger partial charge in [0.2, 0.25) is 5.78 Å². The summed E-state index contributed by atoms with van der Waals surface area (Å²) in [5.41, 5.74) is 0.348. The molecular formula is C7H5N3O2S2. The Morgan fingerprint density at radius 2 is 2.43 bits per heavy atom. The van der Waals surface area contributed by atoms with Crippen molar-refractivity contribution in [3.8, 4) is 5.19 Å². The summed E-state index contributed by atoms with van der Waals surface area (Å²) in [5.74, 6) is -0.167. The van der Waals surface area contributed by atoms with Crippen molar-refractivity contribution in [2.24, 2.45) is 0 Å². The summed E-state index contributed by atoms with van der Waals surface area (Å²) in [6.07, 6.45) is 1.48. The first-order chi connectivity index (χ1) is 6.81. The molecule has 0 aromatic carbocycles. The van der Waals surface area contributed by atoms with E-state index >= 15 is 0 Å². The second kappa shape index (κ2) is 3.81. The molecule has 0 saturated heterocycles. The number of methoxy groups -OCH3 is 1. The van der Waals surface area contributed by atoms with Gasteiger partial charge in [0.15, 0.2) is 0 Å². The molecule has 0 atom stereocenters. The van der Waals surface area contributed by atoms with Crippen LogP contribution in [0.4, 0.5) is 0 Å². The standard InChI is InChI=1S/C7H5N3O2S2/c1-12-7-8-2-5(14-7)6(11)4-3-13-10-9-4/h2-3H,1H3. The molecule has 0 unspecified atom stereocenters. The summed E-state index contributed by atoms with van der Waals surface area (Å²) in [5, 5.41) is 5.76. The lowest BCUT2D eigenvalue weighted by Gasteiger charge is -1.88. The molecule has 0 amide bonds. The lowest BCUT2D eigenvalue weighted by Crippen LogP contribution is -1.98. The molecule has 0 N–H and O–H groups in total. The van der Waals surface area contributed by atoms with Crippen LogP contribution in [0.5, 0.6) is 5.19 Å². The number of carbonyl (C=O) groups is 1. The van der Waals surface area contributed by atoms with E-state index in [1.54, 1.807) is 5.38 Å². The van der Waals surface area contributed by atoms with Crippen LogP contribution in [0.3, 0.4) is 0 Å². The van der Waals surface area contributed by atoms with E-state index in [1.807, 2.05) is 0 Å². The van der Waals surface area contributed by atoms with Crippen LogP contribution in [0.25, 0.3) is 0 Å². The van der Waals surface area contributed by atoms with Gasteiger partial charge in [-0.2, -0.15) is 0 Å². The Morgan fingerprint density at radius 1 is 1.57 bits per heavy atom. The van der Waals surface area contributed by atoms with Crippen molar-refractivity contribution in [2.45, 2.75) is 0 Å². The number of aromatic nitrogens is 3. The number of hydrogen-bond acceptors (Lipinski definition) is 7. The SMILES string of the molecule is COc1ncc(C(=O)c2csnn2)s1. The van der Waals surface area contributed by atoms with E-state index in [1.165, 1.54) is 24.6 Å². The van der Waals surface area contributed by atoms with Crippen LogP contribution >= 0.6 is 22.9 Å². The van der Waals surface area contributed by atoms with Crippen molar-refractivity contribution in [2.75, 3.05) is 7.11 Å². The lowest BCUT2D eigenvalue weighted by atomic mass is 10.3. The Hall–Kier alpha value is -1.34. The molecule has 0 aliphatic heterocycles. The second-order valence-electron chi connectivity index (χ2n) is 2.31. The van der Waals surface area contributed by atoms with E-state index < -0.39 is 0 Å². The van der Waals surface area contributed by atoms with Gasteiger partial charge in [0, 0.05) is 5.38 Å². The van der Waals surface area contributed by atoms with Gasteiger partial charge in [-0.25, -0.2) is 4.98 Å². The summed E-state index contributed by atoms with van der Waals surface area (Å²) in [6, 6.07) is 0. The van der Waals surface area contributed by atoms with Crippen LogP contribution in [0.2, 0.25) is 0 Å². The minimum absolute atomic E-state index is 0.167. The largest absolute Gasteiger partial charge is 0.473 e. The molecule has 0 bridgehead atoms. The first-order valence-electron chi connectivity index (χ1n) is 3.63. The van der Waals surface area contributed by atoms with Gasteiger partial charge < -0.3 is 4.74 Å². The van der Waals surface area contributed by atoms with Gasteiger partial charge in [-0.05, 0) is 11.5 Å². The highest BCUT2D eigenvalue weighted by Crippen LogP contribution is 2.22. The smallest absolute Gasteiger partial charge is 0.273 e. The van der Waals surface area contributed by atoms with Crippen molar-refractivity contribution >= 4 is 28.7 Å². The molecule has 7 heteroatoms. The maximum atomic E-state index is 11.7. The van der Waals surface area contributed by atoms with Gasteiger partial charge in [0.1, 0.15) is 10.6 Å². The van der Waals surface area contributed by atoms with Crippen molar-refractivity contribution < 1.29 is 9.53 Å². The normalized spacial score (nSPS) is 10.1. The number of thiazole rings is 1. The third-order valence-electron chi connectivity index (χ3n) is 1.48. The topological polar surface area (TPSA) is 65.0 Å². The zero-order valence-corrected chi connectivity index (χ0v) is 8.76. The molecule has 2 aromatic rings. The molecule has 5 nitrogen and oxygen atoms in total. The van der Waals surface area contributed by atoms with E-state index in [0.717, 1.165) is 11.5 Å². The second-order valence-corrected chi connectivity index (χ2v) is 3.92. The number of hydrogen-bond donors (Lipinski definition) is 0. The Morgan fingerprint density at radius 3 is 3.00 bits per heavy atom. The summed E-state index contributed by atoms with van der Waals surface area (Å²) in [4.78, 5) is 16.1. The molecule has 14 heavy (non-hydrogen) atoms. The average molecular weight is 227 g/mol. The molecule has 0 spiro atoms. The number of ketones is 1. The van der Waals surface area contributed by atoms with Crippen LogP contribution in [-0.4, -0.2) is 27.5 Å². The zero-order chi connectivity index (χ0) is 9.97. The average Bonchev–Trinajstić information content (AvgIpc) is 2.88. The fourth-order valence-corrected chi connectivity index (χ4v) is 1.96. The van der Waals surface area contributed by atoms with Gasteiger partial charge in [-0.15, -0.1) is 5.10 Å². The first kappa shape index (κ1) is 9.22.